The van der Waals surface area contributed by atoms with Crippen molar-refractivity contribution >= 4 is 11.8 Å². The van der Waals surface area contributed by atoms with E-state index in [0.717, 1.165) is 27.9 Å². The minimum absolute atomic E-state index is 0.423. The lowest BCUT2D eigenvalue weighted by molar-refractivity contribution is 0.0828. The van der Waals surface area contributed by atoms with Crippen LogP contribution >= 0.6 is 0 Å². The standard InChI is InChI=1S/C27H28N6O2/c1-16-22(18-14-28-17(2)29-15-18)32-33(19-10-6-5-7-11-19)25(16)31-26(35)30-23-20-12-8-9-13-21(20)27(3,4)24(23)34/h5-15,23-24,34H,1-4H3,(H2,30,31,35)/t23-,24+/m1/s1. The van der Waals surface area contributed by atoms with E-state index in [1.165, 1.54) is 0 Å². The van der Waals surface area contributed by atoms with Crippen LogP contribution in [0.1, 0.15) is 42.4 Å². The monoisotopic (exact) mass is 468 g/mol. The fourth-order valence-electron chi connectivity index (χ4n) is 4.73. The van der Waals surface area contributed by atoms with Crippen molar-refractivity contribution in [3.05, 3.63) is 89.5 Å². The second-order valence-corrected chi connectivity index (χ2v) is 9.42. The van der Waals surface area contributed by atoms with Crippen molar-refractivity contribution in [2.24, 2.45) is 0 Å². The molecular weight excluding hydrogens is 440 g/mol. The molecule has 0 radical (unpaired) electrons. The van der Waals surface area contributed by atoms with Gasteiger partial charge in [0, 0.05) is 28.9 Å². The first-order valence-electron chi connectivity index (χ1n) is 11.6. The quantitative estimate of drug-likeness (QED) is 0.410. The SMILES string of the molecule is Cc1ncc(-c2nn(-c3ccccc3)c(NC(=O)N[C@@H]3c4ccccc4C(C)(C)[C@H]3O)c2C)cn1. The molecule has 8 nitrogen and oxygen atoms in total. The molecular formula is C27H28N6O2. The van der Waals surface area contributed by atoms with Crippen molar-refractivity contribution in [2.75, 3.05) is 5.32 Å². The first-order chi connectivity index (χ1) is 16.8. The molecule has 4 aromatic rings. The number of hydrogen-bond acceptors (Lipinski definition) is 5. The number of para-hydroxylation sites is 1. The third kappa shape index (κ3) is 3.95. The molecule has 2 aromatic heterocycles. The van der Waals surface area contributed by atoms with Gasteiger partial charge in [-0.1, -0.05) is 56.3 Å². The maximum atomic E-state index is 13.3. The number of aromatic nitrogens is 4. The number of rotatable bonds is 4. The topological polar surface area (TPSA) is 105 Å². The van der Waals surface area contributed by atoms with Gasteiger partial charge in [0.25, 0.3) is 0 Å². The van der Waals surface area contributed by atoms with Crippen LogP contribution in [-0.4, -0.2) is 37.0 Å². The first-order valence-corrected chi connectivity index (χ1v) is 11.6. The molecule has 0 spiro atoms. The van der Waals surface area contributed by atoms with Gasteiger partial charge < -0.3 is 10.4 Å². The third-order valence-corrected chi connectivity index (χ3v) is 6.74. The molecule has 0 aliphatic heterocycles. The Kier molecular flexibility index (Phi) is 5.61. The molecule has 35 heavy (non-hydrogen) atoms. The van der Waals surface area contributed by atoms with Gasteiger partial charge in [-0.15, -0.1) is 0 Å². The minimum Gasteiger partial charge on any atom is -0.390 e. The molecule has 3 N–H and O–H groups in total. The van der Waals surface area contributed by atoms with E-state index in [-0.39, 0.29) is 0 Å². The molecule has 0 saturated heterocycles. The molecule has 2 aromatic carbocycles. The van der Waals surface area contributed by atoms with Crippen molar-refractivity contribution in [3.63, 3.8) is 0 Å². The van der Waals surface area contributed by atoms with Crippen LogP contribution in [-0.2, 0) is 5.41 Å². The van der Waals surface area contributed by atoms with Crippen molar-refractivity contribution in [1.82, 2.24) is 25.1 Å². The smallest absolute Gasteiger partial charge is 0.320 e. The Bertz CT molecular complexity index is 1380. The normalized spacial score (nSPS) is 18.2. The zero-order valence-corrected chi connectivity index (χ0v) is 20.1. The Morgan fingerprint density at radius 3 is 2.37 bits per heavy atom. The molecule has 1 aliphatic rings. The van der Waals surface area contributed by atoms with Crippen molar-refractivity contribution in [1.29, 1.82) is 0 Å². The number of amides is 2. The van der Waals surface area contributed by atoms with E-state index in [4.69, 9.17) is 5.10 Å². The molecule has 0 saturated carbocycles. The fourth-order valence-corrected chi connectivity index (χ4v) is 4.73. The summed E-state index contributed by atoms with van der Waals surface area (Å²) in [5, 5.41) is 21.8. The van der Waals surface area contributed by atoms with E-state index in [1.54, 1.807) is 17.1 Å². The van der Waals surface area contributed by atoms with Crippen LogP contribution in [0.5, 0.6) is 0 Å². The number of hydrogen-bond donors (Lipinski definition) is 3. The summed E-state index contributed by atoms with van der Waals surface area (Å²) in [5.41, 5.74) is 4.50. The molecule has 2 atom stereocenters. The molecule has 1 aliphatic carbocycles. The summed E-state index contributed by atoms with van der Waals surface area (Å²) in [4.78, 5) is 21.8. The number of nitrogens with one attached hydrogen (secondary N) is 2. The second kappa shape index (κ2) is 8.63. The molecule has 2 amide bonds. The van der Waals surface area contributed by atoms with E-state index >= 15 is 0 Å². The summed E-state index contributed by atoms with van der Waals surface area (Å²) in [7, 11) is 0. The van der Waals surface area contributed by atoms with Crippen molar-refractivity contribution in [3.8, 4) is 16.9 Å². The summed E-state index contributed by atoms with van der Waals surface area (Å²) in [5.74, 6) is 1.20. The van der Waals surface area contributed by atoms with Gasteiger partial charge in [0.05, 0.1) is 17.8 Å². The lowest BCUT2D eigenvalue weighted by atomic mass is 9.84. The Balaban J connectivity index is 1.49. The predicted molar refractivity (Wildman–Crippen MR) is 134 cm³/mol. The van der Waals surface area contributed by atoms with E-state index in [2.05, 4.69) is 20.6 Å². The summed E-state index contributed by atoms with van der Waals surface area (Å²) >= 11 is 0. The Morgan fingerprint density at radius 1 is 1.00 bits per heavy atom. The lowest BCUT2D eigenvalue weighted by Crippen LogP contribution is -2.41. The molecule has 5 rings (SSSR count). The molecule has 8 heteroatoms. The zero-order chi connectivity index (χ0) is 24.7. The highest BCUT2D eigenvalue weighted by atomic mass is 16.3. The van der Waals surface area contributed by atoms with Crippen LogP contribution < -0.4 is 10.6 Å². The largest absolute Gasteiger partial charge is 0.390 e. The highest BCUT2D eigenvalue weighted by Crippen LogP contribution is 2.44. The Morgan fingerprint density at radius 2 is 1.66 bits per heavy atom. The van der Waals surface area contributed by atoms with Gasteiger partial charge in [-0.25, -0.2) is 19.4 Å². The number of fused-ring (bicyclic) bond motifs is 1. The van der Waals surface area contributed by atoms with Crippen molar-refractivity contribution in [2.45, 2.75) is 45.3 Å². The lowest BCUT2D eigenvalue weighted by Gasteiger charge is -2.27. The highest BCUT2D eigenvalue weighted by molar-refractivity contribution is 5.91. The number of carbonyl (C=O) groups is 1. The van der Waals surface area contributed by atoms with Gasteiger partial charge in [-0.3, -0.25) is 5.32 Å². The highest BCUT2D eigenvalue weighted by Gasteiger charge is 2.46. The average Bonchev–Trinajstić information content (AvgIpc) is 3.27. The number of benzene rings is 2. The molecule has 0 fully saturated rings. The molecule has 0 bridgehead atoms. The fraction of sp³-hybridized carbons (Fsp3) is 0.259. The minimum atomic E-state index is -0.758. The molecule has 2 heterocycles. The number of carbonyl (C=O) groups excluding carboxylic acids is 1. The van der Waals surface area contributed by atoms with Crippen LogP contribution in [0, 0.1) is 13.8 Å². The van der Waals surface area contributed by atoms with Crippen molar-refractivity contribution < 1.29 is 9.90 Å². The van der Waals surface area contributed by atoms with Crippen LogP contribution in [0.15, 0.2) is 67.0 Å². The Hall–Kier alpha value is -4.04. The van der Waals surface area contributed by atoms with E-state index in [0.29, 0.717) is 17.3 Å². The number of aliphatic hydroxyl groups is 1. The van der Waals surface area contributed by atoms with Crippen LogP contribution in [0.4, 0.5) is 10.6 Å². The number of nitrogens with zero attached hydrogens (tertiary/aromatic N) is 4. The molecule has 0 unspecified atom stereocenters. The third-order valence-electron chi connectivity index (χ3n) is 6.74. The maximum absolute atomic E-state index is 13.3. The number of aliphatic hydroxyl groups excluding tert-OH is 1. The van der Waals surface area contributed by atoms with E-state index in [9.17, 15) is 9.90 Å². The maximum Gasteiger partial charge on any atom is 0.320 e. The summed E-state index contributed by atoms with van der Waals surface area (Å²) in [6.45, 7) is 7.70. The van der Waals surface area contributed by atoms with Gasteiger partial charge >= 0.3 is 6.03 Å². The summed E-state index contributed by atoms with van der Waals surface area (Å²) in [6, 6.07) is 16.5. The summed E-state index contributed by atoms with van der Waals surface area (Å²) < 4.78 is 1.70. The Labute approximate surface area is 204 Å². The number of urea groups is 1. The van der Waals surface area contributed by atoms with Gasteiger partial charge in [0.1, 0.15) is 17.3 Å². The van der Waals surface area contributed by atoms with E-state index < -0.39 is 23.6 Å². The molecule has 178 valence electrons. The number of anilines is 1. The summed E-state index contributed by atoms with van der Waals surface area (Å²) in [6.07, 6.45) is 2.70. The van der Waals surface area contributed by atoms with Gasteiger partial charge in [0.2, 0.25) is 0 Å². The van der Waals surface area contributed by atoms with Gasteiger partial charge in [-0.2, -0.15) is 5.10 Å². The van der Waals surface area contributed by atoms with Crippen LogP contribution in [0.2, 0.25) is 0 Å². The van der Waals surface area contributed by atoms with Crippen LogP contribution in [0.25, 0.3) is 16.9 Å². The van der Waals surface area contributed by atoms with Crippen LogP contribution in [0.3, 0.4) is 0 Å². The van der Waals surface area contributed by atoms with E-state index in [1.807, 2.05) is 82.3 Å². The first kappa shape index (κ1) is 22.7. The van der Waals surface area contributed by atoms with Gasteiger partial charge in [0.15, 0.2) is 0 Å². The average molecular weight is 469 g/mol. The zero-order valence-electron chi connectivity index (χ0n) is 20.1. The number of aryl methyl sites for hydroxylation is 1. The second-order valence-electron chi connectivity index (χ2n) is 9.42. The predicted octanol–water partition coefficient (Wildman–Crippen LogP) is 4.46. The van der Waals surface area contributed by atoms with Gasteiger partial charge in [-0.05, 0) is 37.1 Å².